The van der Waals surface area contributed by atoms with E-state index in [2.05, 4.69) is 15.3 Å². The van der Waals surface area contributed by atoms with Crippen LogP contribution in [0.4, 0.5) is 0 Å². The monoisotopic (exact) mass is 299 g/mol. The molecule has 2 heterocycles. The van der Waals surface area contributed by atoms with Gasteiger partial charge in [-0.05, 0) is 25.5 Å². The molecule has 2 aromatic heterocycles. The van der Waals surface area contributed by atoms with Crippen molar-refractivity contribution in [1.82, 2.24) is 15.3 Å². The van der Waals surface area contributed by atoms with E-state index in [4.69, 9.17) is 0 Å². The second kappa shape index (κ2) is 5.69. The molecule has 0 aliphatic carbocycles. The van der Waals surface area contributed by atoms with Gasteiger partial charge < -0.3 is 10.3 Å². The molecule has 0 aliphatic heterocycles. The number of fused-ring (bicyclic) bond motifs is 1. The first-order valence-electron chi connectivity index (χ1n) is 6.90. The largest absolute Gasteiger partial charge is 0.361 e. The number of nitrogens with zero attached hydrogens (tertiary/aromatic N) is 1. The Morgan fingerprint density at radius 2 is 2.24 bits per heavy atom. The van der Waals surface area contributed by atoms with Crippen LogP contribution in [0.2, 0.25) is 0 Å². The number of nitrogens with one attached hydrogen (secondary N) is 2. The van der Waals surface area contributed by atoms with Gasteiger partial charge in [-0.3, -0.25) is 4.79 Å². The van der Waals surface area contributed by atoms with Gasteiger partial charge >= 0.3 is 0 Å². The van der Waals surface area contributed by atoms with Crippen LogP contribution in [0.5, 0.6) is 0 Å². The minimum Gasteiger partial charge on any atom is -0.361 e. The topological polar surface area (TPSA) is 57.8 Å². The molecule has 0 radical (unpaired) electrons. The molecular formula is C16H17N3OS. The Labute approximate surface area is 127 Å². The number of hydrogen-bond donors (Lipinski definition) is 2. The summed E-state index contributed by atoms with van der Waals surface area (Å²) in [4.78, 5) is 20.9. The highest BCUT2D eigenvalue weighted by Crippen LogP contribution is 2.20. The first kappa shape index (κ1) is 13.8. The van der Waals surface area contributed by atoms with Crippen molar-refractivity contribution in [3.05, 3.63) is 52.1 Å². The fraction of sp³-hybridized carbons (Fsp3) is 0.250. The van der Waals surface area contributed by atoms with Crippen molar-refractivity contribution in [3.8, 4) is 0 Å². The van der Waals surface area contributed by atoms with E-state index in [1.54, 1.807) is 11.3 Å². The highest BCUT2D eigenvalue weighted by molar-refractivity contribution is 7.11. The standard InChI is InChI=1S/C16H17N3OS/c1-10-8-18-16(21-10)11(2)19-15(20)7-12-9-17-14-6-4-3-5-13(12)14/h3-6,8-9,11,17H,7H2,1-2H3,(H,19,20). The Morgan fingerprint density at radius 3 is 3.00 bits per heavy atom. The fourth-order valence-electron chi connectivity index (χ4n) is 2.38. The zero-order valence-corrected chi connectivity index (χ0v) is 12.8. The molecule has 0 saturated heterocycles. The number of benzene rings is 1. The minimum absolute atomic E-state index is 0.0140. The van der Waals surface area contributed by atoms with E-state index in [1.165, 1.54) is 0 Å². The number of para-hydroxylation sites is 1. The molecule has 5 heteroatoms. The van der Waals surface area contributed by atoms with Crippen molar-refractivity contribution >= 4 is 28.1 Å². The minimum atomic E-state index is -0.0543. The molecule has 1 amide bonds. The van der Waals surface area contributed by atoms with Crippen LogP contribution in [-0.2, 0) is 11.2 Å². The van der Waals surface area contributed by atoms with Crippen LogP contribution in [0.15, 0.2) is 36.7 Å². The van der Waals surface area contributed by atoms with E-state index in [-0.39, 0.29) is 11.9 Å². The molecule has 0 spiro atoms. The second-order valence-corrected chi connectivity index (χ2v) is 6.40. The third kappa shape index (κ3) is 2.97. The van der Waals surface area contributed by atoms with E-state index in [9.17, 15) is 4.79 Å². The number of aromatic amines is 1. The Bertz CT molecular complexity index is 775. The average molecular weight is 299 g/mol. The van der Waals surface area contributed by atoms with Gasteiger partial charge in [0.15, 0.2) is 0 Å². The van der Waals surface area contributed by atoms with Crippen LogP contribution >= 0.6 is 11.3 Å². The maximum Gasteiger partial charge on any atom is 0.225 e. The van der Waals surface area contributed by atoms with Crippen molar-refractivity contribution in [2.24, 2.45) is 0 Å². The van der Waals surface area contributed by atoms with Gasteiger partial charge in [0.05, 0.1) is 12.5 Å². The van der Waals surface area contributed by atoms with Crippen molar-refractivity contribution in [2.45, 2.75) is 26.3 Å². The maximum atomic E-state index is 12.2. The van der Waals surface area contributed by atoms with E-state index >= 15 is 0 Å². The van der Waals surface area contributed by atoms with Crippen molar-refractivity contribution in [1.29, 1.82) is 0 Å². The predicted octanol–water partition coefficient (Wildman–Crippen LogP) is 3.35. The van der Waals surface area contributed by atoms with Gasteiger partial charge in [-0.25, -0.2) is 4.98 Å². The summed E-state index contributed by atoms with van der Waals surface area (Å²) in [6.45, 7) is 3.98. The number of carbonyl (C=O) groups excluding carboxylic acids is 1. The highest BCUT2D eigenvalue weighted by Gasteiger charge is 2.14. The Kier molecular flexibility index (Phi) is 3.75. The predicted molar refractivity (Wildman–Crippen MR) is 85.4 cm³/mol. The maximum absolute atomic E-state index is 12.2. The summed E-state index contributed by atoms with van der Waals surface area (Å²) in [6.07, 6.45) is 4.11. The number of aryl methyl sites for hydroxylation is 1. The molecular weight excluding hydrogens is 282 g/mol. The summed E-state index contributed by atoms with van der Waals surface area (Å²) in [5.41, 5.74) is 2.08. The van der Waals surface area contributed by atoms with E-state index < -0.39 is 0 Å². The van der Waals surface area contributed by atoms with E-state index in [0.717, 1.165) is 26.4 Å². The summed E-state index contributed by atoms with van der Waals surface area (Å²) >= 11 is 1.62. The van der Waals surface area contributed by atoms with Gasteiger partial charge in [0.2, 0.25) is 5.91 Å². The molecule has 0 aliphatic rings. The quantitative estimate of drug-likeness (QED) is 0.776. The lowest BCUT2D eigenvalue weighted by molar-refractivity contribution is -0.121. The normalized spacial score (nSPS) is 12.5. The van der Waals surface area contributed by atoms with Gasteiger partial charge in [0, 0.05) is 28.2 Å². The molecule has 0 bridgehead atoms. The first-order valence-corrected chi connectivity index (χ1v) is 7.72. The number of hydrogen-bond acceptors (Lipinski definition) is 3. The Hall–Kier alpha value is -2.14. The van der Waals surface area contributed by atoms with Crippen LogP contribution < -0.4 is 5.32 Å². The number of rotatable bonds is 4. The summed E-state index contributed by atoms with van der Waals surface area (Å²) in [5, 5.41) is 5.05. The van der Waals surface area contributed by atoms with E-state index in [1.807, 2.05) is 50.5 Å². The average Bonchev–Trinajstić information content (AvgIpc) is 3.06. The molecule has 1 aromatic carbocycles. The second-order valence-electron chi connectivity index (χ2n) is 5.13. The lowest BCUT2D eigenvalue weighted by Crippen LogP contribution is -2.27. The summed E-state index contributed by atoms with van der Waals surface area (Å²) in [7, 11) is 0. The molecule has 3 rings (SSSR count). The van der Waals surface area contributed by atoms with Crippen molar-refractivity contribution < 1.29 is 4.79 Å². The van der Waals surface area contributed by atoms with Crippen LogP contribution in [0.3, 0.4) is 0 Å². The first-order chi connectivity index (χ1) is 10.1. The van der Waals surface area contributed by atoms with Crippen molar-refractivity contribution in [3.63, 3.8) is 0 Å². The Morgan fingerprint density at radius 1 is 1.43 bits per heavy atom. The number of aromatic nitrogens is 2. The van der Waals surface area contributed by atoms with Gasteiger partial charge in [-0.15, -0.1) is 11.3 Å². The molecule has 3 aromatic rings. The number of carbonyl (C=O) groups is 1. The van der Waals surface area contributed by atoms with Crippen LogP contribution in [0, 0.1) is 6.92 Å². The van der Waals surface area contributed by atoms with Crippen LogP contribution in [-0.4, -0.2) is 15.9 Å². The van der Waals surface area contributed by atoms with E-state index in [0.29, 0.717) is 6.42 Å². The fourth-order valence-corrected chi connectivity index (χ4v) is 3.15. The molecule has 0 fully saturated rings. The molecule has 4 nitrogen and oxygen atoms in total. The summed E-state index contributed by atoms with van der Waals surface area (Å²) < 4.78 is 0. The number of thiazole rings is 1. The third-order valence-electron chi connectivity index (χ3n) is 3.41. The zero-order valence-electron chi connectivity index (χ0n) is 12.0. The highest BCUT2D eigenvalue weighted by atomic mass is 32.1. The summed E-state index contributed by atoms with van der Waals surface area (Å²) in [6, 6.07) is 7.95. The Balaban J connectivity index is 1.69. The van der Waals surface area contributed by atoms with Gasteiger partial charge in [0.1, 0.15) is 5.01 Å². The molecule has 2 N–H and O–H groups in total. The van der Waals surface area contributed by atoms with Crippen LogP contribution in [0.1, 0.15) is 28.4 Å². The third-order valence-corrected chi connectivity index (χ3v) is 4.51. The number of amides is 1. The van der Waals surface area contributed by atoms with Gasteiger partial charge in [-0.2, -0.15) is 0 Å². The lowest BCUT2D eigenvalue weighted by Gasteiger charge is -2.10. The number of H-pyrrole nitrogens is 1. The molecule has 0 saturated carbocycles. The molecule has 1 atom stereocenters. The van der Waals surface area contributed by atoms with Crippen molar-refractivity contribution in [2.75, 3.05) is 0 Å². The lowest BCUT2D eigenvalue weighted by atomic mass is 10.1. The smallest absolute Gasteiger partial charge is 0.225 e. The molecule has 1 unspecified atom stereocenters. The van der Waals surface area contributed by atoms with Crippen LogP contribution in [0.25, 0.3) is 10.9 Å². The zero-order chi connectivity index (χ0) is 14.8. The molecule has 21 heavy (non-hydrogen) atoms. The van der Waals surface area contributed by atoms with Gasteiger partial charge in [0.25, 0.3) is 0 Å². The molecule has 108 valence electrons. The van der Waals surface area contributed by atoms with Gasteiger partial charge in [-0.1, -0.05) is 18.2 Å². The SMILES string of the molecule is Cc1cnc(C(C)NC(=O)Cc2c[nH]c3ccccc23)s1. The summed E-state index contributed by atoms with van der Waals surface area (Å²) in [5.74, 6) is 0.0140.